The third-order valence-corrected chi connectivity index (χ3v) is 3.63. The van der Waals surface area contributed by atoms with Crippen molar-refractivity contribution in [2.45, 2.75) is 38.3 Å². The maximum atomic E-state index is 13.7. The summed E-state index contributed by atoms with van der Waals surface area (Å²) in [6.45, 7) is 2.80. The van der Waals surface area contributed by atoms with Crippen molar-refractivity contribution < 1.29 is 13.6 Å². The maximum absolute atomic E-state index is 13.7. The van der Waals surface area contributed by atoms with Crippen LogP contribution in [0.2, 0.25) is 0 Å². The van der Waals surface area contributed by atoms with Gasteiger partial charge in [-0.25, -0.2) is 8.78 Å². The van der Waals surface area contributed by atoms with E-state index < -0.39 is 11.6 Å². The second-order valence-corrected chi connectivity index (χ2v) is 5.59. The third-order valence-electron chi connectivity index (χ3n) is 3.63. The maximum Gasteiger partial charge on any atom is 0.220 e. The number of hydrogen-bond donors (Lipinski definition) is 2. The molecule has 1 amide bonds. The predicted molar refractivity (Wildman–Crippen MR) is 92.5 cm³/mol. The Bertz CT molecular complexity index is 497. The third kappa shape index (κ3) is 6.12. The quantitative estimate of drug-likeness (QED) is 0.838. The van der Waals surface area contributed by atoms with Crippen molar-refractivity contribution >= 4 is 36.4 Å². The molecule has 1 aliphatic rings. The van der Waals surface area contributed by atoms with Gasteiger partial charge in [0.2, 0.25) is 5.91 Å². The number of nitrogens with one attached hydrogen (secondary N) is 1. The van der Waals surface area contributed by atoms with Crippen molar-refractivity contribution in [3.63, 3.8) is 0 Å². The Labute approximate surface area is 147 Å². The molecule has 2 rings (SSSR count). The Kier molecular flexibility index (Phi) is 9.42. The van der Waals surface area contributed by atoms with Crippen LogP contribution in [0.15, 0.2) is 18.2 Å². The first-order valence-electron chi connectivity index (χ1n) is 7.21. The molecule has 1 aliphatic heterocycles. The molecule has 3 N–H and O–H groups in total. The van der Waals surface area contributed by atoms with Crippen molar-refractivity contribution in [1.82, 2.24) is 5.32 Å². The zero-order valence-electron chi connectivity index (χ0n) is 12.9. The minimum absolute atomic E-state index is 0. The smallest absolute Gasteiger partial charge is 0.220 e. The summed E-state index contributed by atoms with van der Waals surface area (Å²) in [4.78, 5) is 13.4. The number of para-hydroxylation sites is 1. The van der Waals surface area contributed by atoms with E-state index in [4.69, 9.17) is 5.73 Å². The molecule has 0 radical (unpaired) electrons. The second-order valence-electron chi connectivity index (χ2n) is 5.59. The van der Waals surface area contributed by atoms with E-state index in [1.165, 1.54) is 18.2 Å². The van der Waals surface area contributed by atoms with Crippen molar-refractivity contribution in [3.8, 4) is 0 Å². The second kappa shape index (κ2) is 9.90. The SMILES string of the molecule is CC(N)CCC(=O)NC1CCN(c2c(F)cccc2F)C1.Cl.Cl. The molecule has 0 aliphatic carbocycles. The normalized spacial score (nSPS) is 17.9. The van der Waals surface area contributed by atoms with E-state index in [1.54, 1.807) is 4.90 Å². The highest BCUT2D eigenvalue weighted by Crippen LogP contribution is 2.26. The van der Waals surface area contributed by atoms with Crippen LogP contribution in [0.1, 0.15) is 26.2 Å². The lowest BCUT2D eigenvalue weighted by molar-refractivity contribution is -0.121. The average molecular weight is 370 g/mol. The molecule has 0 bridgehead atoms. The summed E-state index contributed by atoms with van der Waals surface area (Å²) in [5, 5.41) is 2.89. The molecule has 2 unspecified atom stereocenters. The number of halogens is 4. The lowest BCUT2D eigenvalue weighted by Crippen LogP contribution is -2.37. The highest BCUT2D eigenvalue weighted by Gasteiger charge is 2.27. The fraction of sp³-hybridized carbons (Fsp3) is 0.533. The first-order chi connectivity index (χ1) is 9.97. The molecule has 0 aromatic heterocycles. The van der Waals surface area contributed by atoms with E-state index in [0.717, 1.165) is 0 Å². The van der Waals surface area contributed by atoms with Crippen LogP contribution in [0.5, 0.6) is 0 Å². The standard InChI is InChI=1S/C15H21F2N3O.2ClH/c1-10(18)5-6-14(21)19-11-7-8-20(9-11)15-12(16)3-2-4-13(15)17;;/h2-4,10-11H,5-9,18H2,1H3,(H,19,21);2*1H. The van der Waals surface area contributed by atoms with Crippen LogP contribution in [-0.4, -0.2) is 31.1 Å². The van der Waals surface area contributed by atoms with Gasteiger partial charge < -0.3 is 16.0 Å². The Hall–Kier alpha value is -1.11. The van der Waals surface area contributed by atoms with E-state index in [2.05, 4.69) is 5.32 Å². The van der Waals surface area contributed by atoms with Crippen LogP contribution in [0.4, 0.5) is 14.5 Å². The molecule has 1 saturated heterocycles. The molecule has 1 fully saturated rings. The number of hydrogen-bond acceptors (Lipinski definition) is 3. The fourth-order valence-electron chi connectivity index (χ4n) is 2.53. The number of rotatable bonds is 5. The molecule has 132 valence electrons. The summed E-state index contributed by atoms with van der Waals surface area (Å²) in [5.41, 5.74) is 5.60. The molecule has 0 spiro atoms. The molecule has 8 heteroatoms. The van der Waals surface area contributed by atoms with Crippen molar-refractivity contribution in [3.05, 3.63) is 29.8 Å². The topological polar surface area (TPSA) is 58.4 Å². The average Bonchev–Trinajstić information content (AvgIpc) is 2.84. The van der Waals surface area contributed by atoms with Crippen LogP contribution in [0.25, 0.3) is 0 Å². The van der Waals surface area contributed by atoms with Gasteiger partial charge in [0, 0.05) is 31.6 Å². The van der Waals surface area contributed by atoms with Gasteiger partial charge in [0.25, 0.3) is 0 Å². The summed E-state index contributed by atoms with van der Waals surface area (Å²) in [5.74, 6) is -1.20. The molecule has 4 nitrogen and oxygen atoms in total. The molecule has 1 aromatic carbocycles. The lowest BCUT2D eigenvalue weighted by atomic mass is 10.2. The minimum Gasteiger partial charge on any atom is -0.365 e. The first kappa shape index (κ1) is 21.9. The number of anilines is 1. The summed E-state index contributed by atoms with van der Waals surface area (Å²) in [6.07, 6.45) is 1.68. The zero-order valence-corrected chi connectivity index (χ0v) is 14.6. The van der Waals surface area contributed by atoms with Crippen LogP contribution < -0.4 is 16.0 Å². The molecule has 0 saturated carbocycles. The van der Waals surface area contributed by atoms with Crippen LogP contribution in [0.3, 0.4) is 0 Å². The summed E-state index contributed by atoms with van der Waals surface area (Å²) in [6, 6.07) is 3.74. The zero-order chi connectivity index (χ0) is 15.4. The summed E-state index contributed by atoms with van der Waals surface area (Å²) >= 11 is 0. The van der Waals surface area contributed by atoms with Gasteiger partial charge in [0.15, 0.2) is 0 Å². The monoisotopic (exact) mass is 369 g/mol. The number of benzene rings is 1. The minimum atomic E-state index is -0.570. The van der Waals surface area contributed by atoms with Crippen LogP contribution >= 0.6 is 24.8 Å². The molecule has 1 heterocycles. The molecule has 1 aromatic rings. The number of nitrogens with zero attached hydrogens (tertiary/aromatic N) is 1. The Morgan fingerprint density at radius 1 is 1.39 bits per heavy atom. The first-order valence-corrected chi connectivity index (χ1v) is 7.21. The largest absolute Gasteiger partial charge is 0.365 e. The van der Waals surface area contributed by atoms with E-state index in [-0.39, 0.29) is 48.5 Å². The van der Waals surface area contributed by atoms with E-state index in [9.17, 15) is 13.6 Å². The highest BCUT2D eigenvalue weighted by atomic mass is 35.5. The molecule has 2 atom stereocenters. The van der Waals surface area contributed by atoms with Gasteiger partial charge in [-0.1, -0.05) is 6.07 Å². The number of nitrogens with two attached hydrogens (primary N) is 1. The number of amides is 1. The Morgan fingerprint density at radius 3 is 2.57 bits per heavy atom. The van der Waals surface area contributed by atoms with Crippen molar-refractivity contribution in [1.29, 1.82) is 0 Å². The summed E-state index contributed by atoms with van der Waals surface area (Å²) in [7, 11) is 0. The van der Waals surface area contributed by atoms with Gasteiger partial charge in [-0.3, -0.25) is 4.79 Å². The van der Waals surface area contributed by atoms with E-state index in [0.29, 0.717) is 32.4 Å². The summed E-state index contributed by atoms with van der Waals surface area (Å²) < 4.78 is 27.4. The molecule has 23 heavy (non-hydrogen) atoms. The lowest BCUT2D eigenvalue weighted by Gasteiger charge is -2.20. The van der Waals surface area contributed by atoms with Gasteiger partial charge in [-0.15, -0.1) is 24.8 Å². The Balaban J connectivity index is 0.00000242. The van der Waals surface area contributed by atoms with Gasteiger partial charge in [-0.05, 0) is 31.9 Å². The predicted octanol–water partition coefficient (Wildman–Crippen LogP) is 2.63. The van der Waals surface area contributed by atoms with Gasteiger partial charge in [0.05, 0.1) is 0 Å². The highest BCUT2D eigenvalue weighted by molar-refractivity contribution is 5.85. The fourth-order valence-corrected chi connectivity index (χ4v) is 2.53. The van der Waals surface area contributed by atoms with Crippen LogP contribution in [-0.2, 0) is 4.79 Å². The number of carbonyl (C=O) groups is 1. The number of carbonyl (C=O) groups excluding carboxylic acids is 1. The Morgan fingerprint density at radius 2 is 2.00 bits per heavy atom. The molecular formula is C15H23Cl2F2N3O. The van der Waals surface area contributed by atoms with Gasteiger partial charge in [-0.2, -0.15) is 0 Å². The van der Waals surface area contributed by atoms with Crippen molar-refractivity contribution in [2.24, 2.45) is 5.73 Å². The van der Waals surface area contributed by atoms with E-state index >= 15 is 0 Å². The van der Waals surface area contributed by atoms with E-state index in [1.807, 2.05) is 6.92 Å². The van der Waals surface area contributed by atoms with Gasteiger partial charge >= 0.3 is 0 Å². The molecular weight excluding hydrogens is 347 g/mol. The van der Waals surface area contributed by atoms with Crippen molar-refractivity contribution in [2.75, 3.05) is 18.0 Å². The van der Waals surface area contributed by atoms with Gasteiger partial charge in [0.1, 0.15) is 17.3 Å². The van der Waals surface area contributed by atoms with Crippen LogP contribution in [0, 0.1) is 11.6 Å².